The van der Waals surface area contributed by atoms with E-state index in [1.165, 1.54) is 12.0 Å². The highest BCUT2D eigenvalue weighted by Gasteiger charge is 2.43. The zero-order valence-corrected chi connectivity index (χ0v) is 22.1. The summed E-state index contributed by atoms with van der Waals surface area (Å²) in [4.78, 5) is 34.0. The molecule has 36 heavy (non-hydrogen) atoms. The molecule has 0 radical (unpaired) electrons. The largest absolute Gasteiger partial charge is 0.479 e. The van der Waals surface area contributed by atoms with Gasteiger partial charge in [0.1, 0.15) is 5.92 Å². The van der Waals surface area contributed by atoms with Crippen molar-refractivity contribution in [2.24, 2.45) is 5.92 Å². The third-order valence-electron chi connectivity index (χ3n) is 6.88. The summed E-state index contributed by atoms with van der Waals surface area (Å²) < 4.78 is 10.5. The molecule has 0 saturated carbocycles. The van der Waals surface area contributed by atoms with Crippen molar-refractivity contribution in [3.63, 3.8) is 0 Å². The van der Waals surface area contributed by atoms with E-state index in [1.54, 1.807) is 17.4 Å². The highest BCUT2D eigenvalue weighted by Crippen LogP contribution is 2.34. The predicted molar refractivity (Wildman–Crippen MR) is 137 cm³/mol. The summed E-state index contributed by atoms with van der Waals surface area (Å²) in [5.74, 6) is -0.344. The number of carbonyl (C=O) groups excluding carboxylic acids is 2. The lowest BCUT2D eigenvalue weighted by atomic mass is 9.89. The number of aliphatic hydroxyl groups is 1. The molecule has 0 aliphatic carbocycles. The van der Waals surface area contributed by atoms with Gasteiger partial charge >= 0.3 is 0 Å². The van der Waals surface area contributed by atoms with Gasteiger partial charge in [0.15, 0.2) is 11.5 Å². The van der Waals surface area contributed by atoms with Crippen molar-refractivity contribution in [2.45, 2.75) is 64.5 Å². The molecular weight excluding hydrogens is 478 g/mol. The van der Waals surface area contributed by atoms with Crippen LogP contribution in [-0.4, -0.2) is 57.6 Å². The zero-order valence-electron chi connectivity index (χ0n) is 21.3. The number of likely N-dealkylation sites (tertiary alicyclic amines) is 1. The zero-order chi connectivity index (χ0) is 26.0. The normalized spacial score (nSPS) is 19.5. The molecule has 3 aromatic rings. The smallest absolute Gasteiger partial charge is 0.254 e. The maximum atomic E-state index is 13.6. The molecule has 2 aromatic heterocycles. The van der Waals surface area contributed by atoms with Crippen molar-refractivity contribution >= 4 is 23.0 Å². The first-order chi connectivity index (χ1) is 17.2. The second-order valence-electron chi connectivity index (χ2n) is 9.85. The Morgan fingerprint density at radius 1 is 1.25 bits per heavy atom. The third-order valence-corrected chi connectivity index (χ3v) is 7.86. The lowest BCUT2D eigenvalue weighted by Crippen LogP contribution is -2.44. The standard InChI is InChI=1S/C27H33N3O5S/c1-15(2)25(23-12-24(34-5)29-35-23)27(33)30-13-20(31)11-21(30)22(32)10-16(3)18-6-8-19(9-7-18)26-17(4)28-14-36-26/h6-9,12,14-16,20-21,25,31H,10-11,13H2,1-5H3/t16-,20-,21+,25-/m1/s1. The van der Waals surface area contributed by atoms with Crippen LogP contribution in [0.1, 0.15) is 62.5 Å². The molecule has 8 nitrogen and oxygen atoms in total. The van der Waals surface area contributed by atoms with Gasteiger partial charge in [-0.3, -0.25) is 9.59 Å². The van der Waals surface area contributed by atoms with Crippen molar-refractivity contribution in [1.29, 1.82) is 0 Å². The minimum atomic E-state index is -0.739. The topological polar surface area (TPSA) is 106 Å². The van der Waals surface area contributed by atoms with Crippen LogP contribution in [0.3, 0.4) is 0 Å². The van der Waals surface area contributed by atoms with Crippen LogP contribution in [0.15, 0.2) is 40.4 Å². The van der Waals surface area contributed by atoms with Gasteiger partial charge in [-0.15, -0.1) is 11.3 Å². The summed E-state index contributed by atoms with van der Waals surface area (Å²) >= 11 is 1.61. The van der Waals surface area contributed by atoms with Crippen LogP contribution in [0.2, 0.25) is 0 Å². The minimum absolute atomic E-state index is 0.0248. The van der Waals surface area contributed by atoms with Gasteiger partial charge < -0.3 is 19.3 Å². The number of hydrogen-bond donors (Lipinski definition) is 1. The molecule has 1 aliphatic heterocycles. The van der Waals surface area contributed by atoms with Crippen molar-refractivity contribution in [2.75, 3.05) is 13.7 Å². The lowest BCUT2D eigenvalue weighted by molar-refractivity contribution is -0.140. The maximum absolute atomic E-state index is 13.6. The fourth-order valence-electron chi connectivity index (χ4n) is 4.89. The lowest BCUT2D eigenvalue weighted by Gasteiger charge is -2.29. The number of nitrogens with zero attached hydrogens (tertiary/aromatic N) is 3. The Balaban J connectivity index is 1.47. The molecular formula is C27H33N3O5S. The van der Waals surface area contributed by atoms with E-state index < -0.39 is 18.1 Å². The summed E-state index contributed by atoms with van der Waals surface area (Å²) in [6, 6.07) is 9.15. The second kappa shape index (κ2) is 10.9. The van der Waals surface area contributed by atoms with Crippen LogP contribution < -0.4 is 4.74 Å². The summed E-state index contributed by atoms with van der Waals surface area (Å²) in [7, 11) is 1.48. The van der Waals surface area contributed by atoms with Gasteiger partial charge in [-0.05, 0) is 35.0 Å². The summed E-state index contributed by atoms with van der Waals surface area (Å²) in [5, 5.41) is 14.2. The van der Waals surface area contributed by atoms with Crippen LogP contribution in [0.4, 0.5) is 0 Å². The molecule has 1 aliphatic rings. The van der Waals surface area contributed by atoms with E-state index in [4.69, 9.17) is 9.26 Å². The average Bonchev–Trinajstić information content (AvgIpc) is 3.58. The monoisotopic (exact) mass is 511 g/mol. The Bertz CT molecular complexity index is 1200. The van der Waals surface area contributed by atoms with Gasteiger partial charge in [0.25, 0.3) is 5.88 Å². The van der Waals surface area contributed by atoms with Crippen LogP contribution in [0.25, 0.3) is 10.4 Å². The van der Waals surface area contributed by atoms with Gasteiger partial charge in [-0.25, -0.2) is 4.98 Å². The quantitative estimate of drug-likeness (QED) is 0.448. The predicted octanol–water partition coefficient (Wildman–Crippen LogP) is 4.58. The molecule has 1 aromatic carbocycles. The fraction of sp³-hybridized carbons (Fsp3) is 0.481. The number of amides is 1. The van der Waals surface area contributed by atoms with Crippen LogP contribution in [0, 0.1) is 12.8 Å². The first-order valence-electron chi connectivity index (χ1n) is 12.2. The number of rotatable bonds is 9. The molecule has 1 saturated heterocycles. The van der Waals surface area contributed by atoms with E-state index in [9.17, 15) is 14.7 Å². The Labute approximate surface area is 215 Å². The Kier molecular flexibility index (Phi) is 7.90. The van der Waals surface area contributed by atoms with Crippen LogP contribution >= 0.6 is 11.3 Å². The molecule has 4 atom stereocenters. The molecule has 1 fully saturated rings. The minimum Gasteiger partial charge on any atom is -0.479 e. The molecule has 0 unspecified atom stereocenters. The number of β-amino-alcohol motifs (C(OH)–C–C–N with tert-alkyl or cyclic N) is 1. The van der Waals surface area contributed by atoms with Crippen LogP contribution in [0.5, 0.6) is 5.88 Å². The second-order valence-corrected chi connectivity index (χ2v) is 10.7. The molecule has 192 valence electrons. The molecule has 4 rings (SSSR count). The van der Waals surface area contributed by atoms with E-state index >= 15 is 0 Å². The molecule has 9 heteroatoms. The van der Waals surface area contributed by atoms with E-state index in [0.29, 0.717) is 11.6 Å². The van der Waals surface area contributed by atoms with Crippen molar-refractivity contribution in [3.05, 3.63) is 52.9 Å². The molecule has 0 bridgehead atoms. The summed E-state index contributed by atoms with van der Waals surface area (Å²) in [5.41, 5.74) is 5.01. The number of aliphatic hydroxyl groups excluding tert-OH is 1. The average molecular weight is 512 g/mol. The highest BCUT2D eigenvalue weighted by atomic mass is 32.1. The van der Waals surface area contributed by atoms with Crippen LogP contribution in [-0.2, 0) is 9.59 Å². The number of hydrogen-bond acceptors (Lipinski definition) is 8. The number of methoxy groups -OCH3 is 1. The van der Waals surface area contributed by atoms with Gasteiger partial charge in [-0.1, -0.05) is 45.0 Å². The number of Topliss-reactive ketones (excluding diaryl/α,β-unsaturated/α-hetero) is 1. The Hall–Kier alpha value is -3.04. The number of ketones is 1. The first-order valence-corrected chi connectivity index (χ1v) is 13.1. The van der Waals surface area contributed by atoms with E-state index in [2.05, 4.69) is 22.3 Å². The maximum Gasteiger partial charge on any atom is 0.254 e. The Morgan fingerprint density at radius 2 is 1.97 bits per heavy atom. The fourth-order valence-corrected chi connectivity index (χ4v) is 5.70. The summed E-state index contributed by atoms with van der Waals surface area (Å²) in [6.45, 7) is 7.97. The number of ether oxygens (including phenoxy) is 1. The number of aromatic nitrogens is 2. The van der Waals surface area contributed by atoms with E-state index in [0.717, 1.165) is 21.7 Å². The third kappa shape index (κ3) is 5.37. The Morgan fingerprint density at radius 3 is 2.56 bits per heavy atom. The van der Waals surface area contributed by atoms with Crippen molar-refractivity contribution in [3.8, 4) is 16.3 Å². The highest BCUT2D eigenvalue weighted by molar-refractivity contribution is 7.13. The van der Waals surface area contributed by atoms with Crippen molar-refractivity contribution in [1.82, 2.24) is 15.0 Å². The molecule has 0 spiro atoms. The van der Waals surface area contributed by atoms with Gasteiger partial charge in [-0.2, -0.15) is 0 Å². The number of aryl methyl sites for hydroxylation is 1. The first kappa shape index (κ1) is 26.0. The molecule has 1 amide bonds. The number of benzene rings is 1. The summed E-state index contributed by atoms with van der Waals surface area (Å²) in [6.07, 6.45) is -0.217. The van der Waals surface area contributed by atoms with Gasteiger partial charge in [0, 0.05) is 25.5 Å². The molecule has 3 heterocycles. The van der Waals surface area contributed by atoms with E-state index in [-0.39, 0.29) is 42.9 Å². The van der Waals surface area contributed by atoms with Crippen molar-refractivity contribution < 1.29 is 24.0 Å². The number of carbonyl (C=O) groups is 2. The molecule has 1 N–H and O–H groups in total. The SMILES string of the molecule is COc1cc([C@H](C(=O)N2C[C@H](O)C[C@H]2C(=O)C[C@@H](C)c2ccc(-c3scnc3C)cc2)C(C)C)on1. The van der Waals surface area contributed by atoms with Gasteiger partial charge in [0.2, 0.25) is 5.91 Å². The van der Waals surface area contributed by atoms with E-state index in [1.807, 2.05) is 45.3 Å². The number of thiazole rings is 1. The van der Waals surface area contributed by atoms with Gasteiger partial charge in [0.05, 0.1) is 35.3 Å².